The number of hydrogen-bond donors (Lipinski definition) is 4. The summed E-state index contributed by atoms with van der Waals surface area (Å²) in [5, 5.41) is 23.6. The molecule has 2 aromatic heterocycles. The van der Waals surface area contributed by atoms with Gasteiger partial charge in [0.2, 0.25) is 5.95 Å². The Bertz CT molecular complexity index is 852. The maximum atomic E-state index is 9.53. The van der Waals surface area contributed by atoms with Crippen molar-refractivity contribution in [3.05, 3.63) is 23.2 Å². The summed E-state index contributed by atoms with van der Waals surface area (Å²) in [6, 6.07) is 5.17. The van der Waals surface area contributed by atoms with Crippen LogP contribution in [0.5, 0.6) is 0 Å². The Morgan fingerprint density at radius 2 is 2.21 bits per heavy atom. The van der Waals surface area contributed by atoms with Crippen molar-refractivity contribution in [2.24, 2.45) is 0 Å². The van der Waals surface area contributed by atoms with Crippen molar-refractivity contribution in [3.63, 3.8) is 0 Å². The molecule has 0 spiro atoms. The van der Waals surface area contributed by atoms with Crippen molar-refractivity contribution < 1.29 is 5.11 Å². The molecule has 0 radical (unpaired) electrons. The molecule has 0 unspecified atom stereocenters. The summed E-state index contributed by atoms with van der Waals surface area (Å²) in [5.41, 5.74) is 7.94. The van der Waals surface area contributed by atoms with Crippen LogP contribution >= 0.6 is 11.6 Å². The fourth-order valence-corrected chi connectivity index (χ4v) is 2.35. The minimum absolute atomic E-state index is 0.186. The van der Waals surface area contributed by atoms with E-state index < -0.39 is 0 Å². The second kappa shape index (κ2) is 6.85. The molecule has 9 nitrogen and oxygen atoms in total. The van der Waals surface area contributed by atoms with E-state index in [0.29, 0.717) is 45.9 Å². The number of fused-ring (bicyclic) bond motifs is 1. The van der Waals surface area contributed by atoms with Gasteiger partial charge in [0.05, 0.1) is 10.7 Å². The van der Waals surface area contributed by atoms with Gasteiger partial charge in [0, 0.05) is 12.2 Å². The summed E-state index contributed by atoms with van der Waals surface area (Å²) < 4.78 is 0. The van der Waals surface area contributed by atoms with Crippen LogP contribution in [0.25, 0.3) is 11.2 Å². The lowest BCUT2D eigenvalue weighted by Crippen LogP contribution is -2.27. The lowest BCUT2D eigenvalue weighted by molar-refractivity contribution is 0.288. The van der Waals surface area contributed by atoms with Gasteiger partial charge in [-0.25, -0.2) is 5.10 Å². The van der Waals surface area contributed by atoms with Crippen molar-refractivity contribution in [2.45, 2.75) is 13.3 Å². The Morgan fingerprint density at radius 1 is 1.38 bits per heavy atom. The SMILES string of the molecule is CCCN(CO)c1nc(Nc2ccc(Cl)c(N)c2)c2nn[nH]c2n1. The number of halogens is 1. The largest absolute Gasteiger partial charge is 0.397 e. The van der Waals surface area contributed by atoms with Gasteiger partial charge in [0.25, 0.3) is 0 Å². The minimum Gasteiger partial charge on any atom is -0.397 e. The molecule has 24 heavy (non-hydrogen) atoms. The Balaban J connectivity index is 2.02. The summed E-state index contributed by atoms with van der Waals surface area (Å²) in [4.78, 5) is 10.5. The molecule has 3 rings (SSSR count). The second-order valence-corrected chi connectivity index (χ2v) is 5.55. The third kappa shape index (κ3) is 3.17. The number of nitrogens with one attached hydrogen (secondary N) is 2. The number of aliphatic hydroxyl groups is 1. The molecule has 10 heteroatoms. The molecule has 0 amide bonds. The van der Waals surface area contributed by atoms with Crippen molar-refractivity contribution >= 4 is 45.9 Å². The maximum absolute atomic E-state index is 9.53. The molecular formula is C14H17ClN8O. The Kier molecular flexibility index (Phi) is 4.63. The van der Waals surface area contributed by atoms with Crippen LogP contribution in [-0.4, -0.2) is 43.8 Å². The quantitative estimate of drug-likeness (QED) is 0.392. The third-order valence-corrected chi connectivity index (χ3v) is 3.73. The molecule has 0 aliphatic heterocycles. The molecular weight excluding hydrogens is 332 g/mol. The predicted octanol–water partition coefficient (Wildman–Crippen LogP) is 1.89. The van der Waals surface area contributed by atoms with Crippen LogP contribution in [-0.2, 0) is 0 Å². The summed E-state index contributed by atoms with van der Waals surface area (Å²) in [6.45, 7) is 2.44. The molecule has 0 saturated carbocycles. The van der Waals surface area contributed by atoms with Crippen LogP contribution in [0, 0.1) is 0 Å². The smallest absolute Gasteiger partial charge is 0.231 e. The highest BCUT2D eigenvalue weighted by Crippen LogP contribution is 2.27. The molecule has 0 fully saturated rings. The van der Waals surface area contributed by atoms with E-state index >= 15 is 0 Å². The number of nitrogen functional groups attached to an aromatic ring is 1. The van der Waals surface area contributed by atoms with E-state index in [1.54, 1.807) is 23.1 Å². The van der Waals surface area contributed by atoms with Crippen molar-refractivity contribution in [1.29, 1.82) is 0 Å². The van der Waals surface area contributed by atoms with Gasteiger partial charge in [0.15, 0.2) is 17.0 Å². The molecule has 0 aliphatic rings. The van der Waals surface area contributed by atoms with Gasteiger partial charge in [-0.05, 0) is 24.6 Å². The number of benzene rings is 1. The number of aromatic nitrogens is 5. The maximum Gasteiger partial charge on any atom is 0.231 e. The van der Waals surface area contributed by atoms with Crippen molar-refractivity contribution in [3.8, 4) is 0 Å². The molecule has 5 N–H and O–H groups in total. The van der Waals surface area contributed by atoms with Crippen molar-refractivity contribution in [2.75, 3.05) is 29.2 Å². The third-order valence-electron chi connectivity index (χ3n) is 3.38. The zero-order chi connectivity index (χ0) is 17.1. The standard InChI is InChI=1S/C14H17ClN8O/c1-2-5-23(7-24)14-18-12(11-13(19-14)21-22-20-11)17-8-3-4-9(15)10(16)6-8/h3-4,6,24H,2,5,7,16H2,1H3,(H2,17,18,19,20,21,22). The minimum atomic E-state index is -0.186. The number of nitrogens with two attached hydrogens (primary N) is 1. The second-order valence-electron chi connectivity index (χ2n) is 5.15. The summed E-state index contributed by atoms with van der Waals surface area (Å²) in [5.74, 6) is 0.836. The Morgan fingerprint density at radius 3 is 2.92 bits per heavy atom. The first-order chi connectivity index (χ1) is 11.6. The fourth-order valence-electron chi connectivity index (χ4n) is 2.23. The number of rotatable bonds is 6. The van der Waals surface area contributed by atoms with E-state index in [9.17, 15) is 5.11 Å². The first-order valence-electron chi connectivity index (χ1n) is 7.39. The number of nitrogens with zero attached hydrogens (tertiary/aromatic N) is 5. The van der Waals surface area contributed by atoms with Gasteiger partial charge >= 0.3 is 0 Å². The van der Waals surface area contributed by atoms with E-state index in [0.717, 1.165) is 6.42 Å². The molecule has 3 aromatic rings. The number of H-pyrrole nitrogens is 1. The number of hydrogen-bond acceptors (Lipinski definition) is 8. The number of aromatic amines is 1. The van der Waals surface area contributed by atoms with Gasteiger partial charge in [0.1, 0.15) is 6.73 Å². The van der Waals surface area contributed by atoms with Gasteiger partial charge < -0.3 is 21.1 Å². The first kappa shape index (κ1) is 16.2. The topological polar surface area (TPSA) is 129 Å². The average molecular weight is 349 g/mol. The molecule has 0 aliphatic carbocycles. The van der Waals surface area contributed by atoms with Gasteiger partial charge in [-0.1, -0.05) is 23.7 Å². The highest BCUT2D eigenvalue weighted by Gasteiger charge is 2.15. The van der Waals surface area contributed by atoms with E-state index in [1.165, 1.54) is 0 Å². The van der Waals surface area contributed by atoms with E-state index in [1.807, 2.05) is 6.92 Å². The van der Waals surface area contributed by atoms with Gasteiger partial charge in [-0.3, -0.25) is 0 Å². The van der Waals surface area contributed by atoms with Crippen LogP contribution in [0.4, 0.5) is 23.1 Å². The summed E-state index contributed by atoms with van der Waals surface area (Å²) in [7, 11) is 0. The monoisotopic (exact) mass is 348 g/mol. The van der Waals surface area contributed by atoms with Gasteiger partial charge in [-0.2, -0.15) is 9.97 Å². The summed E-state index contributed by atoms with van der Waals surface area (Å²) >= 11 is 5.94. The molecule has 0 saturated heterocycles. The van der Waals surface area contributed by atoms with Crippen LogP contribution in [0.1, 0.15) is 13.3 Å². The van der Waals surface area contributed by atoms with E-state index in [-0.39, 0.29) is 6.73 Å². The summed E-state index contributed by atoms with van der Waals surface area (Å²) in [6.07, 6.45) is 0.847. The molecule has 0 atom stereocenters. The number of anilines is 4. The average Bonchev–Trinajstić information content (AvgIpc) is 3.04. The molecule has 1 aromatic carbocycles. The van der Waals surface area contributed by atoms with Crippen LogP contribution < -0.4 is 16.0 Å². The van der Waals surface area contributed by atoms with E-state index in [2.05, 4.69) is 30.7 Å². The Hall–Kier alpha value is -2.65. The van der Waals surface area contributed by atoms with Crippen LogP contribution in [0.15, 0.2) is 18.2 Å². The highest BCUT2D eigenvalue weighted by molar-refractivity contribution is 6.33. The van der Waals surface area contributed by atoms with Crippen LogP contribution in [0.2, 0.25) is 5.02 Å². The molecule has 0 bridgehead atoms. The van der Waals surface area contributed by atoms with Crippen molar-refractivity contribution in [1.82, 2.24) is 25.4 Å². The Labute approximate surface area is 142 Å². The van der Waals surface area contributed by atoms with Crippen LogP contribution in [0.3, 0.4) is 0 Å². The predicted molar refractivity (Wildman–Crippen MR) is 93.3 cm³/mol. The fraction of sp³-hybridized carbons (Fsp3) is 0.286. The number of aliphatic hydroxyl groups excluding tert-OH is 1. The lowest BCUT2D eigenvalue weighted by Gasteiger charge is -2.19. The highest BCUT2D eigenvalue weighted by atomic mass is 35.5. The molecule has 2 heterocycles. The van der Waals surface area contributed by atoms with Gasteiger partial charge in [-0.15, -0.1) is 5.10 Å². The lowest BCUT2D eigenvalue weighted by atomic mass is 10.3. The zero-order valence-electron chi connectivity index (χ0n) is 13.0. The normalized spacial score (nSPS) is 11.0. The zero-order valence-corrected chi connectivity index (χ0v) is 13.7. The first-order valence-corrected chi connectivity index (χ1v) is 7.76. The molecule has 126 valence electrons. The van der Waals surface area contributed by atoms with E-state index in [4.69, 9.17) is 17.3 Å².